The first-order chi connectivity index (χ1) is 14.9. The monoisotopic (exact) mass is 424 g/mol. The van der Waals surface area contributed by atoms with Crippen LogP contribution in [0, 0.1) is 6.92 Å². The number of hydrogen-bond acceptors (Lipinski definition) is 7. The van der Waals surface area contributed by atoms with Gasteiger partial charge in [0.15, 0.2) is 5.82 Å². The minimum Gasteiger partial charge on any atom is -0.382 e. The van der Waals surface area contributed by atoms with E-state index in [1.165, 1.54) is 11.8 Å². The number of anilines is 2. The molecule has 0 bridgehead atoms. The number of nitrogens with two attached hydrogens (primary N) is 1. The first-order valence-electron chi connectivity index (χ1n) is 10.1. The maximum absolute atomic E-state index is 14.5. The van der Waals surface area contributed by atoms with Gasteiger partial charge in [-0.3, -0.25) is 14.8 Å². The lowest BCUT2D eigenvalue weighted by Crippen LogP contribution is -2.49. The Labute approximate surface area is 179 Å². The summed E-state index contributed by atoms with van der Waals surface area (Å²) in [6, 6.07) is 5.17. The third kappa shape index (κ3) is 4.05. The number of amides is 1. The van der Waals surface area contributed by atoms with E-state index in [2.05, 4.69) is 25.4 Å². The van der Waals surface area contributed by atoms with Crippen LogP contribution in [0.1, 0.15) is 26.0 Å². The van der Waals surface area contributed by atoms with Crippen LogP contribution in [0.2, 0.25) is 0 Å². The third-order valence-electron chi connectivity index (χ3n) is 5.44. The van der Waals surface area contributed by atoms with Gasteiger partial charge in [0.25, 0.3) is 0 Å². The molecule has 10 heteroatoms. The Balaban J connectivity index is 1.60. The van der Waals surface area contributed by atoms with Crippen molar-refractivity contribution in [2.75, 3.05) is 24.1 Å². The fraction of sp³-hybridized carbons (Fsp3) is 0.381. The van der Waals surface area contributed by atoms with Crippen LogP contribution in [-0.2, 0) is 4.79 Å². The van der Waals surface area contributed by atoms with E-state index in [9.17, 15) is 9.18 Å². The number of halogens is 1. The van der Waals surface area contributed by atoms with Gasteiger partial charge in [0.05, 0.1) is 29.7 Å². The number of aryl methyl sites for hydroxylation is 1. The highest BCUT2D eigenvalue weighted by Crippen LogP contribution is 2.30. The lowest BCUT2D eigenvalue weighted by Gasteiger charge is -2.34. The molecule has 0 spiro atoms. The van der Waals surface area contributed by atoms with Gasteiger partial charge >= 0.3 is 0 Å². The molecule has 31 heavy (non-hydrogen) atoms. The predicted octanol–water partition coefficient (Wildman–Crippen LogP) is 2.77. The predicted molar refractivity (Wildman–Crippen MR) is 118 cm³/mol. The van der Waals surface area contributed by atoms with Crippen LogP contribution in [0.15, 0.2) is 29.4 Å². The summed E-state index contributed by atoms with van der Waals surface area (Å²) in [4.78, 5) is 26.3. The Bertz CT molecular complexity index is 1160. The largest absolute Gasteiger partial charge is 0.382 e. The maximum Gasteiger partial charge on any atom is 0.243 e. The molecule has 3 aromatic heterocycles. The van der Waals surface area contributed by atoms with Gasteiger partial charge in [-0.1, -0.05) is 0 Å². The zero-order valence-corrected chi connectivity index (χ0v) is 17.7. The zero-order chi connectivity index (χ0) is 22.1. The SMILES string of the molecule is CC=Nc1ccc(-c2ccn3nc(NC4CCN(C(C)=O)CC4F)nc(N)c23)nc1C. The van der Waals surface area contributed by atoms with Crippen molar-refractivity contribution in [2.24, 2.45) is 4.99 Å². The van der Waals surface area contributed by atoms with Gasteiger partial charge in [0.1, 0.15) is 11.7 Å². The van der Waals surface area contributed by atoms with E-state index in [0.717, 1.165) is 22.6 Å². The summed E-state index contributed by atoms with van der Waals surface area (Å²) >= 11 is 0. The lowest BCUT2D eigenvalue weighted by atomic mass is 10.0. The van der Waals surface area contributed by atoms with E-state index in [0.29, 0.717) is 18.5 Å². The van der Waals surface area contributed by atoms with Crippen molar-refractivity contribution in [1.29, 1.82) is 0 Å². The number of likely N-dealkylation sites (tertiary alicyclic amines) is 1. The highest BCUT2D eigenvalue weighted by atomic mass is 19.1. The van der Waals surface area contributed by atoms with Crippen LogP contribution in [0.3, 0.4) is 0 Å². The highest BCUT2D eigenvalue weighted by Gasteiger charge is 2.31. The molecule has 1 amide bonds. The van der Waals surface area contributed by atoms with Gasteiger partial charge in [0, 0.05) is 31.4 Å². The molecule has 1 fully saturated rings. The average molecular weight is 424 g/mol. The molecule has 2 atom stereocenters. The van der Waals surface area contributed by atoms with Crippen LogP contribution in [0.4, 0.5) is 21.8 Å². The van der Waals surface area contributed by atoms with Crippen molar-refractivity contribution in [1.82, 2.24) is 24.5 Å². The minimum absolute atomic E-state index is 0.0570. The molecule has 1 saturated heterocycles. The van der Waals surface area contributed by atoms with Crippen molar-refractivity contribution in [2.45, 2.75) is 39.4 Å². The van der Waals surface area contributed by atoms with Crippen molar-refractivity contribution in [3.05, 3.63) is 30.1 Å². The topological polar surface area (TPSA) is 114 Å². The lowest BCUT2D eigenvalue weighted by molar-refractivity contribution is -0.131. The van der Waals surface area contributed by atoms with Crippen molar-refractivity contribution < 1.29 is 9.18 Å². The molecule has 0 radical (unpaired) electrons. The molecule has 4 rings (SSSR count). The zero-order valence-electron chi connectivity index (χ0n) is 17.7. The first kappa shape index (κ1) is 20.7. The number of aromatic nitrogens is 4. The second-order valence-electron chi connectivity index (χ2n) is 7.55. The molecular formula is C21H25FN8O. The van der Waals surface area contributed by atoms with Crippen LogP contribution < -0.4 is 11.1 Å². The van der Waals surface area contributed by atoms with Gasteiger partial charge < -0.3 is 16.0 Å². The summed E-state index contributed by atoms with van der Waals surface area (Å²) < 4.78 is 16.2. The molecule has 0 saturated carbocycles. The molecule has 2 unspecified atom stereocenters. The Hall–Kier alpha value is -3.56. The molecular weight excluding hydrogens is 399 g/mol. The number of fused-ring (bicyclic) bond motifs is 1. The van der Waals surface area contributed by atoms with E-state index < -0.39 is 12.2 Å². The Morgan fingerprint density at radius 3 is 2.84 bits per heavy atom. The molecule has 9 nitrogen and oxygen atoms in total. The van der Waals surface area contributed by atoms with Gasteiger partial charge in [-0.25, -0.2) is 8.91 Å². The maximum atomic E-state index is 14.5. The number of hydrogen-bond donors (Lipinski definition) is 2. The number of alkyl halides is 1. The number of rotatable bonds is 4. The number of pyridine rings is 1. The van der Waals surface area contributed by atoms with E-state index in [-0.39, 0.29) is 24.2 Å². The van der Waals surface area contributed by atoms with Crippen LogP contribution in [0.5, 0.6) is 0 Å². The molecule has 162 valence electrons. The molecule has 0 aromatic carbocycles. The normalized spacial score (nSPS) is 19.3. The number of nitrogens with zero attached hydrogens (tertiary/aromatic N) is 6. The summed E-state index contributed by atoms with van der Waals surface area (Å²) in [6.07, 6.45) is 2.75. The standard InChI is InChI=1S/C21H25FN8O/c1-4-24-16-5-6-17(25-12(16)2)14-7-10-30-19(14)20(23)27-21(28-30)26-18-8-9-29(13(3)31)11-15(18)22/h4-7,10,15,18H,8-9,11H2,1-3H3,(H3,23,26,27,28). The number of piperidine rings is 1. The first-order valence-corrected chi connectivity index (χ1v) is 10.1. The van der Waals surface area contributed by atoms with Gasteiger partial charge in [-0.15, -0.1) is 5.10 Å². The fourth-order valence-electron chi connectivity index (χ4n) is 3.82. The fourth-order valence-corrected chi connectivity index (χ4v) is 3.82. The molecule has 3 N–H and O–H groups in total. The summed E-state index contributed by atoms with van der Waals surface area (Å²) in [6.45, 7) is 5.75. The molecule has 4 heterocycles. The molecule has 3 aromatic rings. The number of nitrogens with one attached hydrogen (secondary N) is 1. The third-order valence-corrected chi connectivity index (χ3v) is 5.44. The number of aliphatic imine (C=N–C) groups is 1. The van der Waals surface area contributed by atoms with E-state index >= 15 is 0 Å². The van der Waals surface area contributed by atoms with E-state index in [1.54, 1.807) is 16.9 Å². The van der Waals surface area contributed by atoms with Crippen LogP contribution in [-0.4, -0.2) is 61.9 Å². The number of nitrogen functional groups attached to an aromatic ring is 1. The molecule has 1 aliphatic heterocycles. The summed E-state index contributed by atoms with van der Waals surface area (Å²) in [7, 11) is 0. The number of carbonyl (C=O) groups is 1. The highest BCUT2D eigenvalue weighted by molar-refractivity contribution is 5.87. The minimum atomic E-state index is -1.21. The summed E-state index contributed by atoms with van der Waals surface area (Å²) in [5.41, 5.74) is 10.0. The van der Waals surface area contributed by atoms with Crippen LogP contribution in [0.25, 0.3) is 16.8 Å². The van der Waals surface area contributed by atoms with Crippen molar-refractivity contribution in [3.8, 4) is 11.3 Å². The smallest absolute Gasteiger partial charge is 0.243 e. The Morgan fingerprint density at radius 1 is 1.35 bits per heavy atom. The summed E-state index contributed by atoms with van der Waals surface area (Å²) in [5, 5.41) is 7.49. The second kappa shape index (κ2) is 8.29. The average Bonchev–Trinajstić information content (AvgIpc) is 3.15. The molecule has 0 aliphatic carbocycles. The van der Waals surface area contributed by atoms with Gasteiger partial charge in [-0.05, 0) is 38.5 Å². The van der Waals surface area contributed by atoms with Crippen LogP contribution >= 0.6 is 0 Å². The quantitative estimate of drug-likeness (QED) is 0.623. The number of carbonyl (C=O) groups excluding carboxylic acids is 1. The van der Waals surface area contributed by atoms with Gasteiger partial charge in [0.2, 0.25) is 11.9 Å². The Kier molecular flexibility index (Phi) is 5.53. The van der Waals surface area contributed by atoms with Crippen molar-refractivity contribution >= 4 is 35.1 Å². The summed E-state index contributed by atoms with van der Waals surface area (Å²) in [5.74, 6) is 0.387. The van der Waals surface area contributed by atoms with Gasteiger partial charge in [-0.2, -0.15) is 4.98 Å². The molecule has 1 aliphatic rings. The van der Waals surface area contributed by atoms with Crippen molar-refractivity contribution in [3.63, 3.8) is 0 Å². The Morgan fingerprint density at radius 2 is 2.16 bits per heavy atom. The van der Waals surface area contributed by atoms with E-state index in [4.69, 9.17) is 5.73 Å². The van der Waals surface area contributed by atoms with E-state index in [1.807, 2.05) is 32.0 Å². The second-order valence-corrected chi connectivity index (χ2v) is 7.55.